The van der Waals surface area contributed by atoms with Crippen molar-refractivity contribution in [2.24, 2.45) is 5.92 Å². The van der Waals surface area contributed by atoms with Gasteiger partial charge in [-0.05, 0) is 32.1 Å². The summed E-state index contributed by atoms with van der Waals surface area (Å²) in [6.07, 6.45) is 7.63. The highest BCUT2D eigenvalue weighted by atomic mass is 16.3. The van der Waals surface area contributed by atoms with Gasteiger partial charge in [-0.2, -0.15) is 0 Å². The van der Waals surface area contributed by atoms with Gasteiger partial charge in [-0.25, -0.2) is 0 Å². The molecule has 0 spiro atoms. The largest absolute Gasteiger partial charge is 0.394 e. The van der Waals surface area contributed by atoms with E-state index >= 15 is 0 Å². The minimum atomic E-state index is -0.0691. The average molecular weight is 213 g/mol. The minimum absolute atomic E-state index is 0.0691. The number of hydrogen-bond donors (Lipinski definition) is 2. The molecule has 0 aromatic carbocycles. The maximum absolute atomic E-state index is 9.38. The number of rotatable bonds is 5. The number of nitrogens with one attached hydrogen (secondary N) is 1. The van der Waals surface area contributed by atoms with E-state index in [-0.39, 0.29) is 12.1 Å². The van der Waals surface area contributed by atoms with Crippen molar-refractivity contribution in [1.29, 1.82) is 0 Å². The van der Waals surface area contributed by atoms with Crippen molar-refractivity contribution in [3.05, 3.63) is 0 Å². The predicted octanol–water partition coefficient (Wildman–Crippen LogP) is 2.71. The zero-order valence-corrected chi connectivity index (χ0v) is 10.6. The van der Waals surface area contributed by atoms with E-state index in [2.05, 4.69) is 26.1 Å². The molecule has 0 amide bonds. The molecular formula is C13H27NO. The Kier molecular flexibility index (Phi) is 5.07. The van der Waals surface area contributed by atoms with E-state index < -0.39 is 0 Å². The van der Waals surface area contributed by atoms with Crippen LogP contribution in [0, 0.1) is 5.92 Å². The van der Waals surface area contributed by atoms with E-state index in [1.807, 2.05) is 0 Å². The monoisotopic (exact) mass is 213 g/mol. The molecule has 1 aliphatic carbocycles. The fourth-order valence-electron chi connectivity index (χ4n) is 2.55. The first kappa shape index (κ1) is 13.0. The molecule has 2 nitrogen and oxygen atoms in total. The standard InChI is InChI=1S/C13H27NO/c1-4-11-7-6-8-12(9-11)14-13(3,5-2)10-15/h11-12,14-15H,4-10H2,1-3H3. The molecule has 1 rings (SSSR count). The van der Waals surface area contributed by atoms with Crippen molar-refractivity contribution >= 4 is 0 Å². The summed E-state index contributed by atoms with van der Waals surface area (Å²) in [6, 6.07) is 0.626. The molecule has 0 aromatic heterocycles. The highest BCUT2D eigenvalue weighted by Crippen LogP contribution is 2.28. The number of hydrogen-bond acceptors (Lipinski definition) is 2. The maximum atomic E-state index is 9.38. The average Bonchev–Trinajstić information content (AvgIpc) is 2.29. The van der Waals surface area contributed by atoms with Gasteiger partial charge in [0.1, 0.15) is 0 Å². The summed E-state index contributed by atoms with van der Waals surface area (Å²) in [5, 5.41) is 13.0. The molecule has 0 heterocycles. The van der Waals surface area contributed by atoms with E-state index in [1.54, 1.807) is 0 Å². The van der Waals surface area contributed by atoms with Gasteiger partial charge in [0.2, 0.25) is 0 Å². The van der Waals surface area contributed by atoms with Crippen LogP contribution >= 0.6 is 0 Å². The van der Waals surface area contributed by atoms with Crippen LogP contribution in [0.4, 0.5) is 0 Å². The van der Waals surface area contributed by atoms with Crippen molar-refractivity contribution in [3.8, 4) is 0 Å². The Bertz CT molecular complexity index is 177. The quantitative estimate of drug-likeness (QED) is 0.736. The molecule has 1 aliphatic rings. The molecular weight excluding hydrogens is 186 g/mol. The second-order valence-corrected chi connectivity index (χ2v) is 5.35. The lowest BCUT2D eigenvalue weighted by atomic mass is 9.83. The fraction of sp³-hybridized carbons (Fsp3) is 1.00. The SMILES string of the molecule is CCC1CCCC(NC(C)(CC)CO)C1. The number of aliphatic hydroxyl groups is 1. The van der Waals surface area contributed by atoms with Crippen LogP contribution < -0.4 is 5.32 Å². The van der Waals surface area contributed by atoms with Crippen LogP contribution in [-0.4, -0.2) is 23.3 Å². The first-order valence-corrected chi connectivity index (χ1v) is 6.52. The molecule has 0 saturated heterocycles. The van der Waals surface area contributed by atoms with E-state index in [1.165, 1.54) is 32.1 Å². The summed E-state index contributed by atoms with van der Waals surface area (Å²) < 4.78 is 0. The van der Waals surface area contributed by atoms with Gasteiger partial charge < -0.3 is 10.4 Å². The summed E-state index contributed by atoms with van der Waals surface area (Å²) in [4.78, 5) is 0. The maximum Gasteiger partial charge on any atom is 0.0610 e. The van der Waals surface area contributed by atoms with Crippen LogP contribution in [0.5, 0.6) is 0 Å². The van der Waals surface area contributed by atoms with Crippen LogP contribution in [0.15, 0.2) is 0 Å². The lowest BCUT2D eigenvalue weighted by Crippen LogP contribution is -2.51. The molecule has 2 N–H and O–H groups in total. The number of aliphatic hydroxyl groups excluding tert-OH is 1. The molecule has 1 fully saturated rings. The van der Waals surface area contributed by atoms with Crippen molar-refractivity contribution < 1.29 is 5.11 Å². The lowest BCUT2D eigenvalue weighted by Gasteiger charge is -2.37. The highest BCUT2D eigenvalue weighted by molar-refractivity contribution is 4.87. The second-order valence-electron chi connectivity index (χ2n) is 5.35. The highest BCUT2D eigenvalue weighted by Gasteiger charge is 2.28. The normalized spacial score (nSPS) is 31.2. The van der Waals surface area contributed by atoms with Gasteiger partial charge >= 0.3 is 0 Å². The van der Waals surface area contributed by atoms with Gasteiger partial charge in [0.15, 0.2) is 0 Å². The van der Waals surface area contributed by atoms with Crippen LogP contribution in [-0.2, 0) is 0 Å². The topological polar surface area (TPSA) is 32.3 Å². The Labute approximate surface area is 94.5 Å². The molecule has 1 saturated carbocycles. The van der Waals surface area contributed by atoms with E-state index in [9.17, 15) is 5.11 Å². The second kappa shape index (κ2) is 5.86. The molecule has 0 aliphatic heterocycles. The zero-order chi connectivity index (χ0) is 11.3. The predicted molar refractivity (Wildman–Crippen MR) is 65.0 cm³/mol. The van der Waals surface area contributed by atoms with Gasteiger partial charge in [0.25, 0.3) is 0 Å². The Morgan fingerprint density at radius 2 is 2.07 bits per heavy atom. The Morgan fingerprint density at radius 3 is 2.60 bits per heavy atom. The van der Waals surface area contributed by atoms with Gasteiger partial charge in [-0.1, -0.05) is 33.1 Å². The summed E-state index contributed by atoms with van der Waals surface area (Å²) in [6.45, 7) is 6.81. The smallest absolute Gasteiger partial charge is 0.0610 e. The van der Waals surface area contributed by atoms with Crippen molar-refractivity contribution in [2.45, 2.75) is 70.9 Å². The third-order valence-corrected chi connectivity index (χ3v) is 4.04. The molecule has 0 radical (unpaired) electrons. The summed E-state index contributed by atoms with van der Waals surface area (Å²) in [7, 11) is 0. The summed E-state index contributed by atoms with van der Waals surface area (Å²) in [5.74, 6) is 0.899. The van der Waals surface area contributed by atoms with Gasteiger partial charge in [-0.3, -0.25) is 0 Å². The molecule has 15 heavy (non-hydrogen) atoms. The van der Waals surface area contributed by atoms with Crippen LogP contribution in [0.1, 0.15) is 59.3 Å². The lowest BCUT2D eigenvalue weighted by molar-refractivity contribution is 0.137. The molecule has 90 valence electrons. The van der Waals surface area contributed by atoms with Gasteiger partial charge in [0, 0.05) is 11.6 Å². The summed E-state index contributed by atoms with van der Waals surface area (Å²) >= 11 is 0. The molecule has 3 atom stereocenters. The van der Waals surface area contributed by atoms with Crippen molar-refractivity contribution in [3.63, 3.8) is 0 Å². The van der Waals surface area contributed by atoms with Crippen LogP contribution in [0.3, 0.4) is 0 Å². The van der Waals surface area contributed by atoms with Gasteiger partial charge in [0.05, 0.1) is 6.61 Å². The molecule has 3 unspecified atom stereocenters. The van der Waals surface area contributed by atoms with Crippen LogP contribution in [0.2, 0.25) is 0 Å². The van der Waals surface area contributed by atoms with Gasteiger partial charge in [-0.15, -0.1) is 0 Å². The third-order valence-electron chi connectivity index (χ3n) is 4.04. The van der Waals surface area contributed by atoms with E-state index in [0.29, 0.717) is 6.04 Å². The minimum Gasteiger partial charge on any atom is -0.394 e. The van der Waals surface area contributed by atoms with E-state index in [0.717, 1.165) is 12.3 Å². The van der Waals surface area contributed by atoms with Crippen molar-refractivity contribution in [1.82, 2.24) is 5.32 Å². The molecule has 2 heteroatoms. The third kappa shape index (κ3) is 3.76. The summed E-state index contributed by atoms with van der Waals surface area (Å²) in [5.41, 5.74) is -0.0691. The Balaban J connectivity index is 2.43. The fourth-order valence-corrected chi connectivity index (χ4v) is 2.55. The van der Waals surface area contributed by atoms with E-state index in [4.69, 9.17) is 0 Å². The first-order chi connectivity index (χ1) is 7.13. The first-order valence-electron chi connectivity index (χ1n) is 6.52. The van der Waals surface area contributed by atoms with Crippen molar-refractivity contribution in [2.75, 3.05) is 6.61 Å². The van der Waals surface area contributed by atoms with Crippen LogP contribution in [0.25, 0.3) is 0 Å². The Hall–Kier alpha value is -0.0800. The zero-order valence-electron chi connectivity index (χ0n) is 10.6. The Morgan fingerprint density at radius 1 is 1.33 bits per heavy atom. The molecule has 0 bridgehead atoms. The molecule has 0 aromatic rings.